The molecule has 1 fully saturated rings. The molecule has 1 heterocycles. The topological polar surface area (TPSA) is 93.1 Å². The first-order valence-corrected chi connectivity index (χ1v) is 8.27. The van der Waals surface area contributed by atoms with E-state index in [1.807, 2.05) is 0 Å². The highest BCUT2D eigenvalue weighted by molar-refractivity contribution is 7.88. The van der Waals surface area contributed by atoms with E-state index in [1.165, 1.54) is 18.5 Å². The zero-order valence-corrected chi connectivity index (χ0v) is 13.3. The average Bonchev–Trinajstić information content (AvgIpc) is 2.41. The molecule has 7 nitrogen and oxygen atoms in total. The quantitative estimate of drug-likeness (QED) is 0.785. The molecule has 1 aromatic carbocycles. The minimum absolute atomic E-state index is 0.00644. The zero-order chi connectivity index (χ0) is 16.4. The normalized spacial score (nSPS) is 17.7. The van der Waals surface area contributed by atoms with E-state index in [0.29, 0.717) is 11.3 Å². The molecule has 0 saturated carbocycles. The highest BCUT2D eigenvalue weighted by Crippen LogP contribution is 2.34. The largest absolute Gasteiger partial charge is 0.497 e. The van der Waals surface area contributed by atoms with Crippen molar-refractivity contribution in [3.8, 4) is 5.75 Å². The van der Waals surface area contributed by atoms with Crippen LogP contribution in [0.4, 0.5) is 0 Å². The average molecular weight is 329 g/mol. The lowest BCUT2D eigenvalue weighted by atomic mass is 9.83. The lowest BCUT2D eigenvalue weighted by molar-refractivity contribution is -0.161. The van der Waals surface area contributed by atoms with Crippen molar-refractivity contribution in [2.24, 2.45) is 5.41 Å². The molecule has 22 heavy (non-hydrogen) atoms. The number of sulfonamides is 1. The van der Waals surface area contributed by atoms with Crippen molar-refractivity contribution in [2.45, 2.75) is 5.75 Å². The van der Waals surface area contributed by atoms with Crippen molar-refractivity contribution in [2.75, 3.05) is 33.9 Å². The van der Waals surface area contributed by atoms with Crippen LogP contribution in [-0.4, -0.2) is 57.7 Å². The number of carboxylic acids is 1. The fourth-order valence-electron chi connectivity index (χ4n) is 2.45. The molecular formula is C14H19NO6S. The Bertz CT molecular complexity index is 651. The third-order valence-corrected chi connectivity index (χ3v) is 5.45. The fraction of sp³-hybridized carbons (Fsp3) is 0.500. The molecule has 8 heteroatoms. The number of carboxylic acid groups (broad SMARTS) is 1. The number of carbonyl (C=O) groups is 1. The fourth-order valence-corrected chi connectivity index (χ4v) is 4.13. The molecule has 2 rings (SSSR count). The van der Waals surface area contributed by atoms with E-state index in [2.05, 4.69) is 0 Å². The first-order valence-electron chi connectivity index (χ1n) is 6.66. The van der Waals surface area contributed by atoms with Crippen molar-refractivity contribution in [3.05, 3.63) is 29.8 Å². The highest BCUT2D eigenvalue weighted by atomic mass is 32.2. The highest BCUT2D eigenvalue weighted by Gasteiger charge is 2.53. The Morgan fingerprint density at radius 2 is 2.05 bits per heavy atom. The standard InChI is InChI=1S/C14H19NO6S/c1-20-10-14(13(16)17)8-15(9-14)22(18,19)7-11-4-3-5-12(6-11)21-2/h3-6H,7-10H2,1-2H3,(H,16,17). The predicted molar refractivity (Wildman–Crippen MR) is 79.1 cm³/mol. The van der Waals surface area contributed by atoms with Gasteiger partial charge in [-0.05, 0) is 17.7 Å². The molecular weight excluding hydrogens is 310 g/mol. The molecule has 122 valence electrons. The second-order valence-corrected chi connectivity index (χ2v) is 7.36. The lowest BCUT2D eigenvalue weighted by Gasteiger charge is -2.45. The summed E-state index contributed by atoms with van der Waals surface area (Å²) in [5.41, 5.74) is -0.546. The zero-order valence-electron chi connectivity index (χ0n) is 12.5. The number of ether oxygens (including phenoxy) is 2. The van der Waals surface area contributed by atoms with Gasteiger partial charge in [0.15, 0.2) is 0 Å². The van der Waals surface area contributed by atoms with E-state index in [1.54, 1.807) is 24.3 Å². The van der Waals surface area contributed by atoms with E-state index in [4.69, 9.17) is 9.47 Å². The Kier molecular flexibility index (Phi) is 4.74. The van der Waals surface area contributed by atoms with E-state index in [-0.39, 0.29) is 25.4 Å². The number of methoxy groups -OCH3 is 2. The molecule has 1 saturated heterocycles. The summed E-state index contributed by atoms with van der Waals surface area (Å²) in [7, 11) is -0.656. The van der Waals surface area contributed by atoms with Gasteiger partial charge < -0.3 is 14.6 Å². The van der Waals surface area contributed by atoms with Crippen molar-refractivity contribution >= 4 is 16.0 Å². The summed E-state index contributed by atoms with van der Waals surface area (Å²) in [6, 6.07) is 6.79. The number of hydrogen-bond donors (Lipinski definition) is 1. The van der Waals surface area contributed by atoms with Gasteiger partial charge in [-0.3, -0.25) is 4.79 Å². The molecule has 1 N–H and O–H groups in total. The first kappa shape index (κ1) is 16.7. The molecule has 0 bridgehead atoms. The second kappa shape index (κ2) is 6.23. The van der Waals surface area contributed by atoms with Crippen LogP contribution in [0.25, 0.3) is 0 Å². The summed E-state index contributed by atoms with van der Waals surface area (Å²) in [4.78, 5) is 11.3. The maximum absolute atomic E-state index is 12.3. The summed E-state index contributed by atoms with van der Waals surface area (Å²) in [6.45, 7) is -0.140. The predicted octanol–water partition coefficient (Wildman–Crippen LogP) is 0.558. The molecule has 0 aromatic heterocycles. The summed E-state index contributed by atoms with van der Waals surface area (Å²) in [5.74, 6) is -0.648. The number of aliphatic carboxylic acids is 1. The second-order valence-electron chi connectivity index (χ2n) is 5.39. The van der Waals surface area contributed by atoms with Crippen LogP contribution in [0.1, 0.15) is 5.56 Å². The van der Waals surface area contributed by atoms with Gasteiger partial charge in [-0.25, -0.2) is 8.42 Å². The van der Waals surface area contributed by atoms with Crippen molar-refractivity contribution in [1.82, 2.24) is 4.31 Å². The molecule has 0 radical (unpaired) electrons. The van der Waals surface area contributed by atoms with E-state index >= 15 is 0 Å². The summed E-state index contributed by atoms with van der Waals surface area (Å²) >= 11 is 0. The van der Waals surface area contributed by atoms with Crippen molar-refractivity contribution in [3.63, 3.8) is 0 Å². The SMILES string of the molecule is COCC1(C(=O)O)CN(S(=O)(=O)Cc2cccc(OC)c2)C1. The van der Waals surface area contributed by atoms with Gasteiger partial charge in [-0.15, -0.1) is 0 Å². The number of benzene rings is 1. The van der Waals surface area contributed by atoms with Gasteiger partial charge in [0.25, 0.3) is 0 Å². The van der Waals surface area contributed by atoms with Gasteiger partial charge in [-0.1, -0.05) is 12.1 Å². The molecule has 0 aliphatic carbocycles. The molecule has 1 aliphatic rings. The third-order valence-electron chi connectivity index (χ3n) is 3.71. The van der Waals surface area contributed by atoms with E-state index in [0.717, 1.165) is 0 Å². The number of rotatable bonds is 7. The minimum Gasteiger partial charge on any atom is -0.497 e. The molecule has 0 atom stereocenters. The van der Waals surface area contributed by atoms with Gasteiger partial charge in [0, 0.05) is 20.2 Å². The van der Waals surface area contributed by atoms with Crippen LogP contribution in [0.15, 0.2) is 24.3 Å². The maximum Gasteiger partial charge on any atom is 0.314 e. The van der Waals surface area contributed by atoms with Gasteiger partial charge in [-0.2, -0.15) is 4.31 Å². The van der Waals surface area contributed by atoms with Crippen LogP contribution < -0.4 is 4.74 Å². The van der Waals surface area contributed by atoms with Crippen LogP contribution in [-0.2, 0) is 25.3 Å². The smallest absolute Gasteiger partial charge is 0.314 e. The van der Waals surface area contributed by atoms with Crippen LogP contribution >= 0.6 is 0 Å². The van der Waals surface area contributed by atoms with Crippen molar-refractivity contribution in [1.29, 1.82) is 0 Å². The number of hydrogen-bond acceptors (Lipinski definition) is 5. The third kappa shape index (κ3) is 3.23. The summed E-state index contributed by atoms with van der Waals surface area (Å²) in [5, 5.41) is 9.24. The molecule has 0 spiro atoms. The summed E-state index contributed by atoms with van der Waals surface area (Å²) < 4.78 is 35.8. The van der Waals surface area contributed by atoms with Gasteiger partial charge in [0.05, 0.1) is 19.5 Å². The number of nitrogens with zero attached hydrogens (tertiary/aromatic N) is 1. The molecule has 0 amide bonds. The van der Waals surface area contributed by atoms with Crippen LogP contribution in [0, 0.1) is 5.41 Å². The minimum atomic E-state index is -3.57. The maximum atomic E-state index is 12.3. The van der Waals surface area contributed by atoms with E-state index < -0.39 is 21.4 Å². The van der Waals surface area contributed by atoms with Crippen LogP contribution in [0.3, 0.4) is 0 Å². The van der Waals surface area contributed by atoms with Crippen LogP contribution in [0.2, 0.25) is 0 Å². The van der Waals surface area contributed by atoms with E-state index in [9.17, 15) is 18.3 Å². The monoisotopic (exact) mass is 329 g/mol. The summed E-state index contributed by atoms with van der Waals surface area (Å²) in [6.07, 6.45) is 0. The Morgan fingerprint density at radius 3 is 2.59 bits per heavy atom. The van der Waals surface area contributed by atoms with Gasteiger partial charge in [0.2, 0.25) is 10.0 Å². The van der Waals surface area contributed by atoms with Crippen LogP contribution in [0.5, 0.6) is 5.75 Å². The Hall–Kier alpha value is -1.64. The Labute approximate surface area is 129 Å². The molecule has 1 aromatic rings. The first-order chi connectivity index (χ1) is 10.3. The van der Waals surface area contributed by atoms with Gasteiger partial charge in [0.1, 0.15) is 11.2 Å². The van der Waals surface area contributed by atoms with Gasteiger partial charge >= 0.3 is 5.97 Å². The Balaban J connectivity index is 2.08. The molecule has 1 aliphatic heterocycles. The van der Waals surface area contributed by atoms with Crippen molar-refractivity contribution < 1.29 is 27.8 Å². The Morgan fingerprint density at radius 1 is 1.36 bits per heavy atom. The lowest BCUT2D eigenvalue weighted by Crippen LogP contribution is -2.64. The molecule has 0 unspecified atom stereocenters.